The Balaban J connectivity index is 3.17. The fraction of sp³-hybridized carbons (Fsp3) is 0.143. The van der Waals surface area contributed by atoms with Gasteiger partial charge in [0.25, 0.3) is 10.0 Å². The molecule has 0 saturated carbocycles. The van der Waals surface area contributed by atoms with Gasteiger partial charge in [0.1, 0.15) is 10.0 Å². The normalized spacial score (nSPS) is 11.1. The van der Waals surface area contributed by atoms with Crippen molar-refractivity contribution >= 4 is 27.7 Å². The van der Waals surface area contributed by atoms with Gasteiger partial charge in [0.15, 0.2) is 0 Å². The molecule has 1 aromatic heterocycles. The van der Waals surface area contributed by atoms with Crippen molar-refractivity contribution in [2.45, 2.75) is 4.90 Å². The highest BCUT2D eigenvalue weighted by Crippen LogP contribution is 2.14. The van der Waals surface area contributed by atoms with E-state index in [1.165, 1.54) is 12.1 Å². The lowest BCUT2D eigenvalue weighted by atomic mass is 10.5. The third-order valence-electron chi connectivity index (χ3n) is 1.63. The Morgan fingerprint density at radius 1 is 1.53 bits per heavy atom. The number of amides is 1. The molecular weight excluding hydrogens is 244 g/mol. The van der Waals surface area contributed by atoms with Gasteiger partial charge in [0.2, 0.25) is 0 Å². The molecule has 1 rings (SSSR count). The first-order valence-corrected chi connectivity index (χ1v) is 5.51. The highest BCUT2D eigenvalue weighted by molar-refractivity contribution is 7.89. The molecule has 0 aliphatic rings. The topological polar surface area (TPSA) is 87.6 Å². The summed E-state index contributed by atoms with van der Waals surface area (Å²) in [6, 6.07) is 2.45. The summed E-state index contributed by atoms with van der Waals surface area (Å²) in [6.45, 7) is 0. The van der Waals surface area contributed by atoms with Gasteiger partial charge in [-0.15, -0.1) is 0 Å². The number of carboxylic acid groups (broad SMARTS) is 1. The Kier molecular flexibility index (Phi) is 3.15. The van der Waals surface area contributed by atoms with Gasteiger partial charge in [-0.3, -0.25) is 0 Å². The van der Waals surface area contributed by atoms with Crippen LogP contribution in [0.25, 0.3) is 0 Å². The largest absolute Gasteiger partial charge is 0.464 e. The first kappa shape index (κ1) is 11.7. The molecule has 1 N–H and O–H groups in total. The van der Waals surface area contributed by atoms with E-state index in [0.29, 0.717) is 0 Å². The van der Waals surface area contributed by atoms with Crippen LogP contribution in [0.15, 0.2) is 23.2 Å². The molecule has 0 saturated heterocycles. The predicted molar refractivity (Wildman–Crippen MR) is 52.2 cm³/mol. The summed E-state index contributed by atoms with van der Waals surface area (Å²) in [5.41, 5.74) is 0. The van der Waals surface area contributed by atoms with Crippen molar-refractivity contribution in [2.24, 2.45) is 0 Å². The van der Waals surface area contributed by atoms with E-state index in [2.05, 4.69) is 4.98 Å². The first-order valence-electron chi connectivity index (χ1n) is 3.69. The zero-order chi connectivity index (χ0) is 11.6. The van der Waals surface area contributed by atoms with Gasteiger partial charge in [-0.05, 0) is 12.1 Å². The quantitative estimate of drug-likeness (QED) is 0.792. The average Bonchev–Trinajstić information content (AvgIpc) is 2.17. The molecule has 0 aliphatic heterocycles. The van der Waals surface area contributed by atoms with Crippen LogP contribution in [0.2, 0.25) is 5.15 Å². The number of rotatable bonds is 2. The molecule has 0 fully saturated rings. The molecule has 0 aromatic carbocycles. The lowest BCUT2D eigenvalue weighted by molar-refractivity contribution is 0.178. The van der Waals surface area contributed by atoms with Crippen LogP contribution in [0.1, 0.15) is 0 Å². The molecule has 0 unspecified atom stereocenters. The van der Waals surface area contributed by atoms with Gasteiger partial charge in [-0.25, -0.2) is 22.5 Å². The fourth-order valence-corrected chi connectivity index (χ4v) is 1.84. The van der Waals surface area contributed by atoms with E-state index in [-0.39, 0.29) is 14.4 Å². The predicted octanol–water partition coefficient (Wildman–Crippen LogP) is 1.03. The number of halogens is 1. The van der Waals surface area contributed by atoms with Crippen molar-refractivity contribution in [3.05, 3.63) is 23.5 Å². The first-order chi connectivity index (χ1) is 6.85. The lowest BCUT2D eigenvalue weighted by Gasteiger charge is -2.12. The number of pyridine rings is 1. The summed E-state index contributed by atoms with van der Waals surface area (Å²) in [4.78, 5) is 13.8. The molecule has 6 nitrogen and oxygen atoms in total. The van der Waals surface area contributed by atoms with Gasteiger partial charge in [0, 0.05) is 13.2 Å². The van der Waals surface area contributed by atoms with Gasteiger partial charge in [-0.1, -0.05) is 11.6 Å². The molecule has 0 bridgehead atoms. The minimum Gasteiger partial charge on any atom is -0.464 e. The maximum atomic E-state index is 11.5. The second kappa shape index (κ2) is 4.03. The molecule has 0 spiro atoms. The second-order valence-electron chi connectivity index (χ2n) is 2.57. The monoisotopic (exact) mass is 250 g/mol. The van der Waals surface area contributed by atoms with E-state index in [9.17, 15) is 13.2 Å². The van der Waals surface area contributed by atoms with Crippen LogP contribution in [0.4, 0.5) is 4.79 Å². The molecule has 15 heavy (non-hydrogen) atoms. The molecule has 0 atom stereocenters. The van der Waals surface area contributed by atoms with Crippen LogP contribution in [0.5, 0.6) is 0 Å². The molecule has 1 heterocycles. The maximum absolute atomic E-state index is 11.5. The highest BCUT2D eigenvalue weighted by Gasteiger charge is 2.25. The van der Waals surface area contributed by atoms with E-state index in [4.69, 9.17) is 16.7 Å². The standard InChI is InChI=1S/C7H7ClN2O4S/c1-10(7(11)12)15(13,14)5-2-3-6(8)9-4-5/h2-4H,1H3,(H,11,12). The maximum Gasteiger partial charge on any atom is 0.421 e. The van der Waals surface area contributed by atoms with Crippen LogP contribution in [0.3, 0.4) is 0 Å². The summed E-state index contributed by atoms with van der Waals surface area (Å²) < 4.78 is 23.3. The fourth-order valence-electron chi connectivity index (χ4n) is 0.776. The van der Waals surface area contributed by atoms with Gasteiger partial charge < -0.3 is 5.11 Å². The van der Waals surface area contributed by atoms with Crippen molar-refractivity contribution in [2.75, 3.05) is 7.05 Å². The van der Waals surface area contributed by atoms with Crippen molar-refractivity contribution in [3.8, 4) is 0 Å². The summed E-state index contributed by atoms with van der Waals surface area (Å²) in [5.74, 6) is 0. The molecule has 0 radical (unpaired) electrons. The van der Waals surface area contributed by atoms with Crippen LogP contribution in [-0.2, 0) is 10.0 Å². The lowest BCUT2D eigenvalue weighted by Crippen LogP contribution is -2.31. The van der Waals surface area contributed by atoms with E-state index in [1.54, 1.807) is 0 Å². The molecule has 1 aromatic rings. The van der Waals surface area contributed by atoms with Crippen molar-refractivity contribution in [1.29, 1.82) is 0 Å². The van der Waals surface area contributed by atoms with Gasteiger partial charge in [0.05, 0.1) is 0 Å². The van der Waals surface area contributed by atoms with Crippen LogP contribution >= 0.6 is 11.6 Å². The number of hydrogen-bond donors (Lipinski definition) is 1. The SMILES string of the molecule is CN(C(=O)O)S(=O)(=O)c1ccc(Cl)nc1. The van der Waals surface area contributed by atoms with Crippen molar-refractivity contribution in [1.82, 2.24) is 9.29 Å². The molecule has 82 valence electrons. The Hall–Kier alpha value is -1.34. The number of nitrogens with zero attached hydrogens (tertiary/aromatic N) is 2. The third kappa shape index (κ3) is 2.37. The van der Waals surface area contributed by atoms with Crippen molar-refractivity contribution < 1.29 is 18.3 Å². The highest BCUT2D eigenvalue weighted by atomic mass is 35.5. The number of aromatic nitrogens is 1. The van der Waals surface area contributed by atoms with Gasteiger partial charge >= 0.3 is 6.09 Å². The summed E-state index contributed by atoms with van der Waals surface area (Å²) in [6.07, 6.45) is -0.568. The number of hydrogen-bond acceptors (Lipinski definition) is 4. The van der Waals surface area contributed by atoms with Crippen LogP contribution < -0.4 is 0 Å². The second-order valence-corrected chi connectivity index (χ2v) is 4.93. The van der Waals surface area contributed by atoms with E-state index in [0.717, 1.165) is 13.2 Å². The number of sulfonamides is 1. The van der Waals surface area contributed by atoms with Crippen LogP contribution in [0, 0.1) is 0 Å². The smallest absolute Gasteiger partial charge is 0.421 e. The zero-order valence-corrected chi connectivity index (χ0v) is 9.16. The average molecular weight is 251 g/mol. The van der Waals surface area contributed by atoms with E-state index >= 15 is 0 Å². The Bertz CT molecular complexity index is 470. The minimum absolute atomic E-state index is 0.131. The Morgan fingerprint density at radius 3 is 2.53 bits per heavy atom. The Morgan fingerprint density at radius 2 is 2.13 bits per heavy atom. The minimum atomic E-state index is -4.04. The van der Waals surface area contributed by atoms with Crippen LogP contribution in [-0.4, -0.2) is 36.0 Å². The summed E-state index contributed by atoms with van der Waals surface area (Å²) >= 11 is 5.47. The molecule has 0 aliphatic carbocycles. The van der Waals surface area contributed by atoms with E-state index < -0.39 is 16.1 Å². The number of carbonyl (C=O) groups is 1. The summed E-state index contributed by atoms with van der Waals surface area (Å²) in [5, 5.41) is 8.67. The Labute approximate surface area is 91.2 Å². The molecule has 8 heteroatoms. The zero-order valence-electron chi connectivity index (χ0n) is 7.58. The molecular formula is C7H7ClN2O4S. The van der Waals surface area contributed by atoms with Gasteiger partial charge in [-0.2, -0.15) is 0 Å². The third-order valence-corrected chi connectivity index (χ3v) is 3.57. The summed E-state index contributed by atoms with van der Waals surface area (Å²) in [7, 11) is -3.11. The van der Waals surface area contributed by atoms with Crippen molar-refractivity contribution in [3.63, 3.8) is 0 Å². The van der Waals surface area contributed by atoms with E-state index in [1.807, 2.05) is 0 Å². The molecule has 1 amide bonds.